The highest BCUT2D eigenvalue weighted by molar-refractivity contribution is 8.01. The fraction of sp³-hybridized carbons (Fsp3) is 0.571. The van der Waals surface area contributed by atoms with Crippen molar-refractivity contribution in [3.63, 3.8) is 0 Å². The summed E-state index contributed by atoms with van der Waals surface area (Å²) in [5.41, 5.74) is 2.22. The maximum absolute atomic E-state index is 11.9. The SMILES string of the molecule is CCNCc1ccc(N2CCSCC2S(C)(=O)=O)cc1. The molecule has 0 bridgehead atoms. The number of nitrogens with one attached hydrogen (secondary N) is 1. The molecular weight excluding hydrogens is 292 g/mol. The number of anilines is 1. The standard InChI is InChI=1S/C14H22N2O2S2/c1-3-15-10-12-4-6-13(7-5-12)16-8-9-19-11-14(16)20(2,17)18/h4-7,14-15H,3,8-11H2,1-2H3. The molecular formula is C14H22N2O2S2. The first-order valence-electron chi connectivity index (χ1n) is 6.85. The molecule has 1 saturated heterocycles. The minimum atomic E-state index is -3.05. The minimum Gasteiger partial charge on any atom is -0.353 e. The summed E-state index contributed by atoms with van der Waals surface area (Å²) < 4.78 is 23.8. The lowest BCUT2D eigenvalue weighted by Gasteiger charge is -2.36. The third kappa shape index (κ3) is 3.90. The fourth-order valence-electron chi connectivity index (χ4n) is 2.31. The van der Waals surface area contributed by atoms with Gasteiger partial charge in [-0.05, 0) is 24.2 Å². The van der Waals surface area contributed by atoms with Crippen molar-refractivity contribution in [2.75, 3.05) is 35.8 Å². The van der Waals surface area contributed by atoms with Crippen LogP contribution in [0.1, 0.15) is 12.5 Å². The van der Waals surface area contributed by atoms with Gasteiger partial charge in [0.1, 0.15) is 5.37 Å². The number of nitrogens with zero attached hydrogens (tertiary/aromatic N) is 1. The van der Waals surface area contributed by atoms with Crippen LogP contribution in [-0.2, 0) is 16.4 Å². The van der Waals surface area contributed by atoms with Gasteiger partial charge in [0.2, 0.25) is 0 Å². The van der Waals surface area contributed by atoms with Gasteiger partial charge < -0.3 is 10.2 Å². The zero-order valence-electron chi connectivity index (χ0n) is 12.0. The average molecular weight is 314 g/mol. The molecule has 1 unspecified atom stereocenters. The molecule has 1 aliphatic heterocycles. The monoisotopic (exact) mass is 314 g/mol. The Hall–Kier alpha value is -0.720. The number of sulfone groups is 1. The third-order valence-corrected chi connectivity index (χ3v) is 6.07. The highest BCUT2D eigenvalue weighted by Crippen LogP contribution is 2.26. The van der Waals surface area contributed by atoms with Crippen LogP contribution in [0.25, 0.3) is 0 Å². The van der Waals surface area contributed by atoms with Gasteiger partial charge in [0.15, 0.2) is 9.84 Å². The van der Waals surface area contributed by atoms with Gasteiger partial charge in [-0.1, -0.05) is 19.1 Å². The predicted molar refractivity (Wildman–Crippen MR) is 87.1 cm³/mol. The largest absolute Gasteiger partial charge is 0.353 e. The van der Waals surface area contributed by atoms with Crippen LogP contribution < -0.4 is 10.2 Å². The van der Waals surface area contributed by atoms with E-state index in [9.17, 15) is 8.42 Å². The Labute approximate surface area is 125 Å². The topological polar surface area (TPSA) is 49.4 Å². The molecule has 1 N–H and O–H groups in total. The third-order valence-electron chi connectivity index (χ3n) is 3.43. The van der Waals surface area contributed by atoms with E-state index in [0.29, 0.717) is 5.75 Å². The second-order valence-electron chi connectivity index (χ2n) is 5.00. The summed E-state index contributed by atoms with van der Waals surface area (Å²) in [7, 11) is -3.05. The molecule has 6 heteroatoms. The van der Waals surface area contributed by atoms with Crippen LogP contribution in [0.5, 0.6) is 0 Å². The van der Waals surface area contributed by atoms with E-state index in [1.54, 1.807) is 11.8 Å². The summed E-state index contributed by atoms with van der Waals surface area (Å²) in [6.45, 7) is 4.66. The molecule has 1 atom stereocenters. The zero-order chi connectivity index (χ0) is 14.6. The second-order valence-corrected chi connectivity index (χ2v) is 8.35. The van der Waals surface area contributed by atoms with Crippen molar-refractivity contribution in [2.45, 2.75) is 18.8 Å². The van der Waals surface area contributed by atoms with Gasteiger partial charge in [-0.2, -0.15) is 11.8 Å². The Bertz CT molecular complexity index is 529. The molecule has 0 aromatic heterocycles. The molecule has 0 aliphatic carbocycles. The van der Waals surface area contributed by atoms with Crippen molar-refractivity contribution >= 4 is 27.3 Å². The Kier molecular flexibility index (Phi) is 5.35. The smallest absolute Gasteiger partial charge is 0.169 e. The quantitative estimate of drug-likeness (QED) is 0.897. The lowest BCUT2D eigenvalue weighted by atomic mass is 10.2. The van der Waals surface area contributed by atoms with Crippen molar-refractivity contribution in [1.29, 1.82) is 0 Å². The molecule has 1 fully saturated rings. The molecule has 0 amide bonds. The van der Waals surface area contributed by atoms with E-state index < -0.39 is 15.2 Å². The first-order valence-corrected chi connectivity index (χ1v) is 9.96. The molecule has 0 spiro atoms. The second kappa shape index (κ2) is 6.83. The summed E-state index contributed by atoms with van der Waals surface area (Å²) in [5, 5.41) is 2.88. The molecule has 20 heavy (non-hydrogen) atoms. The predicted octanol–water partition coefficient (Wildman–Crippen LogP) is 1.72. The van der Waals surface area contributed by atoms with Gasteiger partial charge in [0, 0.05) is 36.5 Å². The normalized spacial score (nSPS) is 20.1. The number of hydrogen-bond acceptors (Lipinski definition) is 5. The van der Waals surface area contributed by atoms with Crippen LogP contribution in [0.15, 0.2) is 24.3 Å². The van der Waals surface area contributed by atoms with Crippen LogP contribution in [0.2, 0.25) is 0 Å². The molecule has 0 radical (unpaired) electrons. The summed E-state index contributed by atoms with van der Waals surface area (Å²) in [6.07, 6.45) is 1.33. The summed E-state index contributed by atoms with van der Waals surface area (Å²) >= 11 is 1.71. The van der Waals surface area contributed by atoms with Crippen LogP contribution in [0, 0.1) is 0 Å². The highest BCUT2D eigenvalue weighted by atomic mass is 32.2. The number of thioether (sulfide) groups is 1. The average Bonchev–Trinajstić information content (AvgIpc) is 2.45. The summed E-state index contributed by atoms with van der Waals surface area (Å²) in [4.78, 5) is 2.02. The van der Waals surface area contributed by atoms with Gasteiger partial charge in [-0.3, -0.25) is 0 Å². The Morgan fingerprint density at radius 1 is 1.35 bits per heavy atom. The van der Waals surface area contributed by atoms with Gasteiger partial charge in [-0.25, -0.2) is 8.42 Å². The van der Waals surface area contributed by atoms with Crippen molar-refractivity contribution in [1.82, 2.24) is 5.32 Å². The molecule has 4 nitrogen and oxygen atoms in total. The summed E-state index contributed by atoms with van der Waals surface area (Å²) in [6, 6.07) is 8.19. The van der Waals surface area contributed by atoms with Crippen LogP contribution in [0.4, 0.5) is 5.69 Å². The zero-order valence-corrected chi connectivity index (χ0v) is 13.6. The molecule has 1 aliphatic rings. The lowest BCUT2D eigenvalue weighted by Crippen LogP contribution is -2.47. The van der Waals surface area contributed by atoms with Gasteiger partial charge in [-0.15, -0.1) is 0 Å². The van der Waals surface area contributed by atoms with Gasteiger partial charge >= 0.3 is 0 Å². The molecule has 1 aromatic carbocycles. The molecule has 2 rings (SSSR count). The van der Waals surface area contributed by atoms with Crippen LogP contribution in [-0.4, -0.2) is 44.6 Å². The lowest BCUT2D eigenvalue weighted by molar-refractivity contribution is 0.584. The maximum atomic E-state index is 11.9. The van der Waals surface area contributed by atoms with E-state index in [0.717, 1.165) is 31.1 Å². The van der Waals surface area contributed by atoms with E-state index in [1.807, 2.05) is 17.0 Å². The van der Waals surface area contributed by atoms with E-state index in [1.165, 1.54) is 11.8 Å². The van der Waals surface area contributed by atoms with E-state index in [-0.39, 0.29) is 0 Å². The molecule has 112 valence electrons. The first kappa shape index (κ1) is 15.7. The Morgan fingerprint density at radius 3 is 2.65 bits per heavy atom. The first-order chi connectivity index (χ1) is 9.52. The fourth-order valence-corrected chi connectivity index (χ4v) is 5.15. The van der Waals surface area contributed by atoms with Gasteiger partial charge in [0.05, 0.1) is 0 Å². The minimum absolute atomic E-state index is 0.402. The van der Waals surface area contributed by atoms with Crippen LogP contribution >= 0.6 is 11.8 Å². The number of rotatable bonds is 5. The van der Waals surface area contributed by atoms with Crippen LogP contribution in [0.3, 0.4) is 0 Å². The molecule has 1 heterocycles. The molecule has 0 saturated carbocycles. The number of hydrogen-bond donors (Lipinski definition) is 1. The van der Waals surface area contributed by atoms with Crippen molar-refractivity contribution in [3.8, 4) is 0 Å². The summed E-state index contributed by atoms with van der Waals surface area (Å²) in [5.74, 6) is 1.63. The highest BCUT2D eigenvalue weighted by Gasteiger charge is 2.30. The van der Waals surface area contributed by atoms with Crippen molar-refractivity contribution in [3.05, 3.63) is 29.8 Å². The Balaban J connectivity index is 2.16. The van der Waals surface area contributed by atoms with Gasteiger partial charge in [0.25, 0.3) is 0 Å². The number of benzene rings is 1. The van der Waals surface area contributed by atoms with E-state index in [2.05, 4.69) is 24.4 Å². The van der Waals surface area contributed by atoms with Crippen molar-refractivity contribution < 1.29 is 8.42 Å². The molecule has 1 aromatic rings. The maximum Gasteiger partial charge on any atom is 0.169 e. The van der Waals surface area contributed by atoms with Crippen molar-refractivity contribution in [2.24, 2.45) is 0 Å². The van der Waals surface area contributed by atoms with E-state index >= 15 is 0 Å². The van der Waals surface area contributed by atoms with E-state index in [4.69, 9.17) is 0 Å². The Morgan fingerprint density at radius 2 is 2.05 bits per heavy atom.